The van der Waals surface area contributed by atoms with Gasteiger partial charge in [-0.05, 0) is 37.5 Å². The van der Waals surface area contributed by atoms with Crippen molar-refractivity contribution in [1.29, 1.82) is 0 Å². The number of nitrogens with one attached hydrogen (secondary N) is 1. The van der Waals surface area contributed by atoms with Gasteiger partial charge >= 0.3 is 0 Å². The van der Waals surface area contributed by atoms with Gasteiger partial charge in [-0.15, -0.1) is 0 Å². The molecule has 1 aliphatic carbocycles. The molecule has 3 heteroatoms. The molecule has 1 aliphatic rings. The summed E-state index contributed by atoms with van der Waals surface area (Å²) in [6.45, 7) is 1.99. The van der Waals surface area contributed by atoms with Crippen LogP contribution in [-0.2, 0) is 0 Å². The van der Waals surface area contributed by atoms with Gasteiger partial charge in [0.2, 0.25) is 0 Å². The third-order valence-electron chi connectivity index (χ3n) is 3.28. The molecule has 0 spiro atoms. The van der Waals surface area contributed by atoms with Crippen molar-refractivity contribution in [3.63, 3.8) is 0 Å². The van der Waals surface area contributed by atoms with Gasteiger partial charge in [0.25, 0.3) is 0 Å². The van der Waals surface area contributed by atoms with Gasteiger partial charge in [0.05, 0.1) is 0 Å². The summed E-state index contributed by atoms with van der Waals surface area (Å²) in [7, 11) is 0. The second-order valence-corrected chi connectivity index (χ2v) is 4.54. The maximum absolute atomic E-state index is 13.1. The molecule has 16 heavy (non-hydrogen) atoms. The van der Waals surface area contributed by atoms with E-state index in [4.69, 9.17) is 0 Å². The fraction of sp³-hybridized carbons (Fsp3) is 0.538. The molecule has 1 fully saturated rings. The molecule has 1 atom stereocenters. The highest BCUT2D eigenvalue weighted by Gasteiger charge is 2.18. The van der Waals surface area contributed by atoms with Crippen molar-refractivity contribution in [3.05, 3.63) is 35.4 Å². The van der Waals surface area contributed by atoms with Crippen LogP contribution in [0.4, 0.5) is 8.78 Å². The summed E-state index contributed by atoms with van der Waals surface area (Å²) in [5, 5.41) is 3.45. The Hall–Kier alpha value is -0.960. The highest BCUT2D eigenvalue weighted by atomic mass is 19.2. The molecular formula is C13H17F2N. The Bertz CT molecular complexity index is 359. The van der Waals surface area contributed by atoms with E-state index in [2.05, 4.69) is 5.32 Å². The van der Waals surface area contributed by atoms with E-state index in [9.17, 15) is 8.78 Å². The van der Waals surface area contributed by atoms with E-state index in [-0.39, 0.29) is 6.04 Å². The van der Waals surface area contributed by atoms with Crippen LogP contribution in [0.2, 0.25) is 0 Å². The molecule has 0 saturated heterocycles. The highest BCUT2D eigenvalue weighted by Crippen LogP contribution is 2.22. The van der Waals surface area contributed by atoms with Gasteiger partial charge in [0.1, 0.15) is 0 Å². The van der Waals surface area contributed by atoms with Gasteiger partial charge in [0, 0.05) is 12.1 Å². The minimum Gasteiger partial charge on any atom is -0.307 e. The van der Waals surface area contributed by atoms with Gasteiger partial charge in [-0.2, -0.15) is 0 Å². The van der Waals surface area contributed by atoms with Gasteiger partial charge in [-0.1, -0.05) is 18.9 Å². The van der Waals surface area contributed by atoms with Crippen LogP contribution >= 0.6 is 0 Å². The Labute approximate surface area is 94.9 Å². The number of rotatable bonds is 3. The summed E-state index contributed by atoms with van der Waals surface area (Å²) in [6, 6.07) is 4.73. The molecule has 1 saturated carbocycles. The number of hydrogen-bond acceptors (Lipinski definition) is 1. The van der Waals surface area contributed by atoms with E-state index in [1.807, 2.05) is 6.92 Å². The van der Waals surface area contributed by atoms with Crippen LogP contribution in [0.15, 0.2) is 18.2 Å². The summed E-state index contributed by atoms with van der Waals surface area (Å²) in [4.78, 5) is 0. The van der Waals surface area contributed by atoms with Crippen LogP contribution in [0.1, 0.15) is 44.2 Å². The van der Waals surface area contributed by atoms with Gasteiger partial charge in [0.15, 0.2) is 11.6 Å². The first-order valence-corrected chi connectivity index (χ1v) is 5.88. The van der Waals surface area contributed by atoms with E-state index in [1.54, 1.807) is 6.07 Å². The molecule has 0 aliphatic heterocycles. The standard InChI is InChI=1S/C13H17F2N/c1-9(16-11-4-2-3-5-11)10-6-7-12(14)13(15)8-10/h6-9,11,16H,2-5H2,1H3. The van der Waals surface area contributed by atoms with Crippen molar-refractivity contribution in [2.75, 3.05) is 0 Å². The van der Waals surface area contributed by atoms with E-state index < -0.39 is 11.6 Å². The molecule has 1 N–H and O–H groups in total. The highest BCUT2D eigenvalue weighted by molar-refractivity contribution is 5.20. The van der Waals surface area contributed by atoms with Crippen molar-refractivity contribution < 1.29 is 8.78 Å². The lowest BCUT2D eigenvalue weighted by Gasteiger charge is -2.19. The zero-order valence-electron chi connectivity index (χ0n) is 9.47. The van der Waals surface area contributed by atoms with E-state index >= 15 is 0 Å². The number of benzene rings is 1. The van der Waals surface area contributed by atoms with E-state index in [0.717, 1.165) is 5.56 Å². The van der Waals surface area contributed by atoms with Gasteiger partial charge in [-0.25, -0.2) is 8.78 Å². The molecular weight excluding hydrogens is 208 g/mol. The number of hydrogen-bond donors (Lipinski definition) is 1. The van der Waals surface area contributed by atoms with Crippen LogP contribution in [0.25, 0.3) is 0 Å². The molecule has 1 unspecified atom stereocenters. The second-order valence-electron chi connectivity index (χ2n) is 4.54. The first kappa shape index (κ1) is 11.5. The molecule has 0 heterocycles. The molecule has 2 rings (SSSR count). The van der Waals surface area contributed by atoms with Crippen LogP contribution < -0.4 is 5.32 Å². The molecule has 0 amide bonds. The van der Waals surface area contributed by atoms with E-state index in [0.29, 0.717) is 6.04 Å². The summed E-state index contributed by atoms with van der Waals surface area (Å²) in [5.41, 5.74) is 0.811. The normalized spacial score (nSPS) is 18.9. The molecule has 1 aromatic rings. The van der Waals surface area contributed by atoms with Crippen molar-refractivity contribution in [1.82, 2.24) is 5.32 Å². The lowest BCUT2D eigenvalue weighted by atomic mass is 10.1. The van der Waals surface area contributed by atoms with Gasteiger partial charge < -0.3 is 5.32 Å². The Morgan fingerprint density at radius 3 is 2.50 bits per heavy atom. The summed E-state index contributed by atoms with van der Waals surface area (Å²) < 4.78 is 25.8. The summed E-state index contributed by atoms with van der Waals surface area (Å²) in [5.74, 6) is -1.55. The quantitative estimate of drug-likeness (QED) is 0.829. The Balaban J connectivity index is 2.02. The van der Waals surface area contributed by atoms with Crippen LogP contribution in [-0.4, -0.2) is 6.04 Å². The largest absolute Gasteiger partial charge is 0.307 e. The first-order chi connectivity index (χ1) is 7.66. The fourth-order valence-corrected chi connectivity index (χ4v) is 2.32. The maximum Gasteiger partial charge on any atom is 0.159 e. The van der Waals surface area contributed by atoms with Crippen LogP contribution in [0.5, 0.6) is 0 Å². The fourth-order valence-electron chi connectivity index (χ4n) is 2.32. The zero-order valence-corrected chi connectivity index (χ0v) is 9.47. The first-order valence-electron chi connectivity index (χ1n) is 5.88. The maximum atomic E-state index is 13.1. The van der Waals surface area contributed by atoms with Gasteiger partial charge in [-0.3, -0.25) is 0 Å². The molecule has 1 aromatic carbocycles. The molecule has 0 bridgehead atoms. The topological polar surface area (TPSA) is 12.0 Å². The molecule has 0 aromatic heterocycles. The van der Waals surface area contributed by atoms with Crippen molar-refractivity contribution in [2.45, 2.75) is 44.7 Å². The van der Waals surface area contributed by atoms with Crippen molar-refractivity contribution >= 4 is 0 Å². The van der Waals surface area contributed by atoms with Crippen molar-refractivity contribution in [2.24, 2.45) is 0 Å². The average Bonchev–Trinajstić information content (AvgIpc) is 2.74. The van der Waals surface area contributed by atoms with Crippen LogP contribution in [0, 0.1) is 11.6 Å². The van der Waals surface area contributed by atoms with Crippen molar-refractivity contribution in [3.8, 4) is 0 Å². The Morgan fingerprint density at radius 2 is 1.88 bits per heavy atom. The molecule has 1 nitrogen and oxygen atoms in total. The minimum atomic E-state index is -0.781. The lowest BCUT2D eigenvalue weighted by molar-refractivity contribution is 0.455. The molecule has 0 radical (unpaired) electrons. The lowest BCUT2D eigenvalue weighted by Crippen LogP contribution is -2.28. The predicted octanol–water partition coefficient (Wildman–Crippen LogP) is 3.56. The summed E-state index contributed by atoms with van der Waals surface area (Å²) in [6.07, 6.45) is 4.91. The third kappa shape index (κ3) is 2.59. The second kappa shape index (κ2) is 4.91. The Kier molecular flexibility index (Phi) is 3.54. The predicted molar refractivity (Wildman–Crippen MR) is 60.2 cm³/mol. The minimum absolute atomic E-state index is 0.0817. The van der Waals surface area contributed by atoms with E-state index in [1.165, 1.54) is 37.8 Å². The Morgan fingerprint density at radius 1 is 1.19 bits per heavy atom. The average molecular weight is 225 g/mol. The smallest absolute Gasteiger partial charge is 0.159 e. The zero-order chi connectivity index (χ0) is 11.5. The molecule has 88 valence electrons. The monoisotopic (exact) mass is 225 g/mol. The third-order valence-corrected chi connectivity index (χ3v) is 3.28. The number of halogens is 2. The van der Waals surface area contributed by atoms with Crippen LogP contribution in [0.3, 0.4) is 0 Å². The summed E-state index contributed by atoms with van der Waals surface area (Å²) >= 11 is 0. The SMILES string of the molecule is CC(NC1CCCC1)c1ccc(F)c(F)c1.